The Hall–Kier alpha value is -1.39. The predicted molar refractivity (Wildman–Crippen MR) is 79.1 cm³/mol. The summed E-state index contributed by atoms with van der Waals surface area (Å²) in [6.45, 7) is 3.88. The van der Waals surface area contributed by atoms with Crippen LogP contribution in [0.1, 0.15) is 44.7 Å². The zero-order chi connectivity index (χ0) is 15.0. The number of aliphatic hydroxyl groups is 2. The summed E-state index contributed by atoms with van der Waals surface area (Å²) in [4.78, 5) is 12.0. The minimum atomic E-state index is -0.621. The lowest BCUT2D eigenvalue weighted by Gasteiger charge is -2.21. The van der Waals surface area contributed by atoms with E-state index >= 15 is 0 Å². The molecule has 2 atom stereocenters. The van der Waals surface area contributed by atoms with Gasteiger partial charge in [0.1, 0.15) is 0 Å². The fourth-order valence-electron chi connectivity index (χ4n) is 1.98. The number of hydrogen-bond acceptors (Lipinski definition) is 3. The number of nitrogens with one attached hydrogen (secondary N) is 1. The van der Waals surface area contributed by atoms with Gasteiger partial charge in [-0.2, -0.15) is 0 Å². The van der Waals surface area contributed by atoms with Crippen LogP contribution >= 0.6 is 0 Å². The number of aliphatic hydroxyl groups excluding tert-OH is 2. The van der Waals surface area contributed by atoms with Crippen LogP contribution in [0.15, 0.2) is 30.3 Å². The molecule has 0 aliphatic heterocycles. The maximum Gasteiger partial charge on any atom is 0.223 e. The van der Waals surface area contributed by atoms with Crippen molar-refractivity contribution in [3.05, 3.63) is 35.9 Å². The Labute approximate surface area is 120 Å². The molecule has 1 amide bonds. The van der Waals surface area contributed by atoms with E-state index in [1.54, 1.807) is 0 Å². The average Bonchev–Trinajstić information content (AvgIpc) is 2.44. The van der Waals surface area contributed by atoms with Crippen LogP contribution in [0.4, 0.5) is 0 Å². The van der Waals surface area contributed by atoms with Gasteiger partial charge < -0.3 is 15.5 Å². The molecule has 0 spiro atoms. The van der Waals surface area contributed by atoms with Crippen molar-refractivity contribution in [2.75, 3.05) is 6.61 Å². The zero-order valence-electron chi connectivity index (χ0n) is 12.2. The molecule has 0 radical (unpaired) electrons. The highest BCUT2D eigenvalue weighted by molar-refractivity contribution is 5.77. The van der Waals surface area contributed by atoms with Crippen LogP contribution < -0.4 is 5.32 Å². The molecule has 0 aliphatic carbocycles. The number of carbonyl (C=O) groups excluding carboxylic acids is 1. The normalized spacial score (nSPS) is 14.1. The van der Waals surface area contributed by atoms with E-state index in [4.69, 9.17) is 5.11 Å². The molecule has 0 fully saturated rings. The zero-order valence-corrected chi connectivity index (χ0v) is 12.2. The molecule has 0 saturated heterocycles. The van der Waals surface area contributed by atoms with E-state index in [1.807, 2.05) is 44.2 Å². The number of carbonyl (C=O) groups is 1. The lowest BCUT2D eigenvalue weighted by molar-refractivity contribution is -0.124. The van der Waals surface area contributed by atoms with Crippen molar-refractivity contribution in [1.82, 2.24) is 5.32 Å². The molecular formula is C16H25NO3. The molecule has 1 rings (SSSR count). The molecule has 1 aromatic rings. The highest BCUT2D eigenvalue weighted by atomic mass is 16.3. The van der Waals surface area contributed by atoms with Crippen molar-refractivity contribution in [3.8, 4) is 0 Å². The van der Waals surface area contributed by atoms with Gasteiger partial charge in [-0.25, -0.2) is 0 Å². The van der Waals surface area contributed by atoms with Gasteiger partial charge in [0.15, 0.2) is 0 Å². The van der Waals surface area contributed by atoms with E-state index in [-0.39, 0.29) is 30.9 Å². The molecule has 0 aromatic heterocycles. The number of hydrogen-bond donors (Lipinski definition) is 3. The van der Waals surface area contributed by atoms with Crippen LogP contribution in [0.5, 0.6) is 0 Å². The van der Waals surface area contributed by atoms with Crippen molar-refractivity contribution in [3.63, 3.8) is 0 Å². The van der Waals surface area contributed by atoms with Crippen LogP contribution in [-0.4, -0.2) is 28.8 Å². The summed E-state index contributed by atoms with van der Waals surface area (Å²) in [5, 5.41) is 21.7. The molecule has 20 heavy (non-hydrogen) atoms. The summed E-state index contributed by atoms with van der Waals surface area (Å²) in [7, 11) is 0. The number of amides is 1. The minimum absolute atomic E-state index is 0.0633. The highest BCUT2D eigenvalue weighted by Gasteiger charge is 2.18. The van der Waals surface area contributed by atoms with Crippen LogP contribution in [0.3, 0.4) is 0 Å². The third-order valence-electron chi connectivity index (χ3n) is 3.35. The van der Waals surface area contributed by atoms with Gasteiger partial charge in [0.2, 0.25) is 5.91 Å². The number of benzene rings is 1. The lowest BCUT2D eigenvalue weighted by Crippen LogP contribution is -2.32. The molecule has 0 saturated carbocycles. The minimum Gasteiger partial charge on any atom is -0.396 e. The molecule has 112 valence electrons. The van der Waals surface area contributed by atoms with Gasteiger partial charge in [-0.15, -0.1) is 0 Å². The molecule has 1 aromatic carbocycles. The van der Waals surface area contributed by atoms with E-state index in [2.05, 4.69) is 5.32 Å². The summed E-state index contributed by atoms with van der Waals surface area (Å²) in [6.07, 6.45) is 0.806. The largest absolute Gasteiger partial charge is 0.396 e. The predicted octanol–water partition coefficient (Wildman–Crippen LogP) is 2.02. The maximum atomic E-state index is 12.0. The van der Waals surface area contributed by atoms with Crippen LogP contribution in [0.2, 0.25) is 0 Å². The second-order valence-corrected chi connectivity index (χ2v) is 5.41. The first-order valence-corrected chi connectivity index (χ1v) is 7.17. The fourth-order valence-corrected chi connectivity index (χ4v) is 1.98. The lowest BCUT2D eigenvalue weighted by atomic mass is 10.0. The third kappa shape index (κ3) is 5.72. The summed E-state index contributed by atoms with van der Waals surface area (Å²) in [5.74, 6) is -0.0913. The van der Waals surface area contributed by atoms with E-state index < -0.39 is 6.10 Å². The van der Waals surface area contributed by atoms with E-state index in [0.29, 0.717) is 12.8 Å². The second kappa shape index (κ2) is 8.72. The number of rotatable bonds is 8. The van der Waals surface area contributed by atoms with Gasteiger partial charge >= 0.3 is 0 Å². The summed E-state index contributed by atoms with van der Waals surface area (Å²) < 4.78 is 0. The van der Waals surface area contributed by atoms with Gasteiger partial charge in [0.25, 0.3) is 0 Å². The highest BCUT2D eigenvalue weighted by Crippen LogP contribution is 2.18. The van der Waals surface area contributed by atoms with Crippen molar-refractivity contribution in [2.45, 2.75) is 45.3 Å². The SMILES string of the molecule is CC(C)C(O)CC(=O)NC(CCCO)c1ccccc1. The Morgan fingerprint density at radius 3 is 2.45 bits per heavy atom. The monoisotopic (exact) mass is 279 g/mol. The quantitative estimate of drug-likeness (QED) is 0.682. The Morgan fingerprint density at radius 1 is 1.25 bits per heavy atom. The summed E-state index contributed by atoms with van der Waals surface area (Å²) in [6, 6.07) is 9.58. The van der Waals surface area contributed by atoms with Gasteiger partial charge in [-0.05, 0) is 24.3 Å². The molecule has 0 aliphatic rings. The Bertz CT molecular complexity index is 392. The molecule has 4 heteroatoms. The van der Waals surface area contributed by atoms with Gasteiger partial charge in [-0.3, -0.25) is 4.79 Å². The second-order valence-electron chi connectivity index (χ2n) is 5.41. The molecule has 3 N–H and O–H groups in total. The fraction of sp³-hybridized carbons (Fsp3) is 0.562. The van der Waals surface area contributed by atoms with Gasteiger partial charge in [0.05, 0.1) is 18.6 Å². The molecular weight excluding hydrogens is 254 g/mol. The van der Waals surface area contributed by atoms with Crippen molar-refractivity contribution < 1.29 is 15.0 Å². The van der Waals surface area contributed by atoms with Crippen molar-refractivity contribution in [1.29, 1.82) is 0 Å². The van der Waals surface area contributed by atoms with Crippen LogP contribution in [0, 0.1) is 5.92 Å². The first-order valence-electron chi connectivity index (χ1n) is 7.17. The van der Waals surface area contributed by atoms with Crippen molar-refractivity contribution in [2.24, 2.45) is 5.92 Å². The smallest absolute Gasteiger partial charge is 0.223 e. The molecule has 0 bridgehead atoms. The van der Waals surface area contributed by atoms with Crippen LogP contribution in [0.25, 0.3) is 0 Å². The summed E-state index contributed by atoms with van der Waals surface area (Å²) in [5.41, 5.74) is 1.02. The van der Waals surface area contributed by atoms with Gasteiger partial charge in [-0.1, -0.05) is 44.2 Å². The maximum absolute atomic E-state index is 12.0. The first kappa shape index (κ1) is 16.7. The Balaban J connectivity index is 2.63. The standard InChI is InChI=1S/C16H25NO3/c1-12(2)15(19)11-16(20)17-14(9-6-10-18)13-7-4-3-5-8-13/h3-5,7-8,12,14-15,18-19H,6,9-11H2,1-2H3,(H,17,20). The van der Waals surface area contributed by atoms with E-state index in [0.717, 1.165) is 5.56 Å². The van der Waals surface area contributed by atoms with Crippen LogP contribution in [-0.2, 0) is 4.79 Å². The topological polar surface area (TPSA) is 69.6 Å². The molecule has 0 heterocycles. The Morgan fingerprint density at radius 2 is 1.90 bits per heavy atom. The summed E-state index contributed by atoms with van der Waals surface area (Å²) >= 11 is 0. The third-order valence-corrected chi connectivity index (χ3v) is 3.35. The average molecular weight is 279 g/mol. The molecule has 2 unspecified atom stereocenters. The van der Waals surface area contributed by atoms with Gasteiger partial charge in [0, 0.05) is 6.61 Å². The Kier molecular flexibility index (Phi) is 7.26. The van der Waals surface area contributed by atoms with E-state index in [9.17, 15) is 9.90 Å². The molecule has 4 nitrogen and oxygen atoms in total. The first-order chi connectivity index (χ1) is 9.54. The van der Waals surface area contributed by atoms with E-state index in [1.165, 1.54) is 0 Å². The van der Waals surface area contributed by atoms with Crippen molar-refractivity contribution >= 4 is 5.91 Å².